The van der Waals surface area contributed by atoms with Crippen molar-refractivity contribution in [1.82, 2.24) is 0 Å². The van der Waals surface area contributed by atoms with E-state index >= 15 is 0 Å². The van der Waals surface area contributed by atoms with E-state index in [1.54, 1.807) is 6.08 Å². The third-order valence-corrected chi connectivity index (χ3v) is 6.25. The van der Waals surface area contributed by atoms with Crippen molar-refractivity contribution in [2.24, 2.45) is 0 Å². The van der Waals surface area contributed by atoms with Gasteiger partial charge in [0.05, 0.1) is 0 Å². The Labute approximate surface area is 227 Å². The van der Waals surface area contributed by atoms with Gasteiger partial charge in [0.15, 0.2) is 0 Å². The van der Waals surface area contributed by atoms with Gasteiger partial charge in [0.2, 0.25) is 0 Å². The summed E-state index contributed by atoms with van der Waals surface area (Å²) in [5.41, 5.74) is 8.83. The molecule has 0 aliphatic carbocycles. The van der Waals surface area contributed by atoms with Crippen molar-refractivity contribution in [2.45, 2.75) is 13.8 Å². The Balaban J connectivity index is 1.65. The summed E-state index contributed by atoms with van der Waals surface area (Å²) >= 11 is 0. The van der Waals surface area contributed by atoms with Gasteiger partial charge in [-0.2, -0.15) is 0 Å². The van der Waals surface area contributed by atoms with Crippen molar-refractivity contribution in [1.29, 1.82) is 0 Å². The van der Waals surface area contributed by atoms with Crippen LogP contribution in [0, 0.1) is 0 Å². The molecule has 0 aliphatic heterocycles. The summed E-state index contributed by atoms with van der Waals surface area (Å²) in [4.78, 5) is 4.45. The molecule has 0 aliphatic rings. The van der Waals surface area contributed by atoms with Crippen LogP contribution in [0.5, 0.6) is 0 Å². The van der Waals surface area contributed by atoms with Gasteiger partial charge in [-0.25, -0.2) is 0 Å². The average Bonchev–Trinajstić information content (AvgIpc) is 2.98. The van der Waals surface area contributed by atoms with Crippen molar-refractivity contribution in [2.75, 3.05) is 9.80 Å². The van der Waals surface area contributed by atoms with E-state index < -0.39 is 0 Å². The largest absolute Gasteiger partial charge is 0.315 e. The number of rotatable bonds is 10. The molecule has 0 aromatic heterocycles. The van der Waals surface area contributed by atoms with E-state index in [4.69, 9.17) is 0 Å². The number of hydrogen-bond donors (Lipinski definition) is 0. The molecule has 38 heavy (non-hydrogen) atoms. The lowest BCUT2D eigenvalue weighted by atomic mass is 10.0. The van der Waals surface area contributed by atoms with Gasteiger partial charge in [0, 0.05) is 34.1 Å². The monoisotopic (exact) mass is 494 g/mol. The number of para-hydroxylation sites is 2. The minimum atomic E-state index is 0.964. The van der Waals surface area contributed by atoms with Crippen LogP contribution in [-0.4, -0.2) is 0 Å². The van der Waals surface area contributed by atoms with Crippen molar-refractivity contribution >= 4 is 22.7 Å². The molecule has 0 atom stereocenters. The van der Waals surface area contributed by atoms with Crippen molar-refractivity contribution in [3.63, 3.8) is 0 Å². The highest BCUT2D eigenvalue weighted by molar-refractivity contribution is 5.76. The summed E-state index contributed by atoms with van der Waals surface area (Å²) in [7, 11) is 0. The Morgan fingerprint density at radius 3 is 1.47 bits per heavy atom. The maximum absolute atomic E-state index is 4.02. The second kappa shape index (κ2) is 12.9. The van der Waals surface area contributed by atoms with Gasteiger partial charge in [0.1, 0.15) is 0 Å². The fourth-order valence-electron chi connectivity index (χ4n) is 4.43. The third kappa shape index (κ3) is 6.11. The lowest BCUT2D eigenvalue weighted by Crippen LogP contribution is -2.14. The van der Waals surface area contributed by atoms with E-state index in [2.05, 4.69) is 127 Å². The molecule has 0 unspecified atom stereocenters. The van der Waals surface area contributed by atoms with Crippen LogP contribution >= 0.6 is 0 Å². The van der Waals surface area contributed by atoms with Crippen LogP contribution in [0.15, 0.2) is 170 Å². The Morgan fingerprint density at radius 1 is 0.579 bits per heavy atom. The molecule has 0 heterocycles. The predicted octanol–water partition coefficient (Wildman–Crippen LogP) is 10.4. The molecule has 0 amide bonds. The Morgan fingerprint density at radius 2 is 1.03 bits per heavy atom. The van der Waals surface area contributed by atoms with E-state index in [1.807, 2.05) is 49.4 Å². The van der Waals surface area contributed by atoms with Crippen LogP contribution in [-0.2, 0) is 0 Å². The molecule has 4 rings (SSSR count). The molecule has 0 fully saturated rings. The molecule has 2 nitrogen and oxygen atoms in total. The molecule has 0 bridgehead atoms. The highest BCUT2D eigenvalue weighted by Crippen LogP contribution is 2.34. The number of anilines is 4. The predicted molar refractivity (Wildman–Crippen MR) is 166 cm³/mol. The zero-order valence-corrected chi connectivity index (χ0v) is 22.2. The van der Waals surface area contributed by atoms with Crippen LogP contribution in [0.4, 0.5) is 22.7 Å². The first-order valence-corrected chi connectivity index (χ1v) is 12.8. The summed E-state index contributed by atoms with van der Waals surface area (Å²) in [5.74, 6) is 0. The lowest BCUT2D eigenvalue weighted by Gasteiger charge is -2.26. The first kappa shape index (κ1) is 26.2. The van der Waals surface area contributed by atoms with Gasteiger partial charge < -0.3 is 9.80 Å². The molecular weight excluding hydrogens is 460 g/mol. The number of nitrogens with zero attached hydrogens (tertiary/aromatic N) is 2. The first-order chi connectivity index (χ1) is 18.7. The standard InChI is InChI=1S/C36H34N2/c1-5-8-16-29(4)37(33-17-11-9-12-18-33)35-25-21-30(22-26-35)31-23-27-36(28-24-31)38(32(7-3)15-6-2)34-19-13-10-14-20-34/h5-28H,2-3H2,1,4H3/b8-5-,29-16+,32-15+. The quantitative estimate of drug-likeness (QED) is 0.202. The molecule has 0 N–H and O–H groups in total. The molecule has 0 spiro atoms. The maximum atomic E-state index is 4.02. The van der Waals surface area contributed by atoms with Gasteiger partial charge in [0.25, 0.3) is 0 Å². The molecule has 0 saturated carbocycles. The van der Waals surface area contributed by atoms with Crippen molar-refractivity contribution < 1.29 is 0 Å². The molecule has 0 saturated heterocycles. The van der Waals surface area contributed by atoms with E-state index in [9.17, 15) is 0 Å². The highest BCUT2D eigenvalue weighted by Gasteiger charge is 2.14. The fraction of sp³-hybridized carbons (Fsp3) is 0.0556. The Kier molecular flexibility index (Phi) is 8.93. The summed E-state index contributed by atoms with van der Waals surface area (Å²) in [6.07, 6.45) is 11.9. The number of hydrogen-bond acceptors (Lipinski definition) is 2. The zero-order valence-electron chi connectivity index (χ0n) is 22.2. The van der Waals surface area contributed by atoms with E-state index in [-0.39, 0.29) is 0 Å². The second-order valence-corrected chi connectivity index (χ2v) is 8.80. The van der Waals surface area contributed by atoms with Gasteiger partial charge in [-0.3, -0.25) is 0 Å². The fourth-order valence-corrected chi connectivity index (χ4v) is 4.43. The van der Waals surface area contributed by atoms with Gasteiger partial charge >= 0.3 is 0 Å². The summed E-state index contributed by atoms with van der Waals surface area (Å²) in [6, 6.07) is 38.1. The first-order valence-electron chi connectivity index (χ1n) is 12.8. The molecular formula is C36H34N2. The minimum absolute atomic E-state index is 0.964. The molecule has 4 aromatic rings. The number of benzene rings is 4. The van der Waals surface area contributed by atoms with Gasteiger partial charge in [-0.05, 0) is 91.7 Å². The summed E-state index contributed by atoms with van der Waals surface area (Å²) in [6.45, 7) is 12.1. The molecule has 188 valence electrons. The normalized spacial score (nSPS) is 11.8. The third-order valence-electron chi connectivity index (χ3n) is 6.25. The van der Waals surface area contributed by atoms with Gasteiger partial charge in [-0.15, -0.1) is 0 Å². The maximum Gasteiger partial charge on any atom is 0.0462 e. The van der Waals surface area contributed by atoms with Crippen molar-refractivity contribution in [3.05, 3.63) is 170 Å². The van der Waals surface area contributed by atoms with Gasteiger partial charge in [-0.1, -0.05) is 92.0 Å². The molecule has 0 radical (unpaired) electrons. The van der Waals surface area contributed by atoms with Crippen LogP contribution in [0.2, 0.25) is 0 Å². The Bertz CT molecular complexity index is 1430. The average molecular weight is 495 g/mol. The summed E-state index contributed by atoms with van der Waals surface area (Å²) in [5, 5.41) is 0. The molecule has 4 aromatic carbocycles. The topological polar surface area (TPSA) is 6.48 Å². The highest BCUT2D eigenvalue weighted by atomic mass is 15.1. The second-order valence-electron chi connectivity index (χ2n) is 8.80. The summed E-state index contributed by atoms with van der Waals surface area (Å²) < 4.78 is 0. The van der Waals surface area contributed by atoms with E-state index in [0.717, 1.165) is 39.7 Å². The van der Waals surface area contributed by atoms with E-state index in [1.165, 1.54) is 5.56 Å². The smallest absolute Gasteiger partial charge is 0.0462 e. The lowest BCUT2D eigenvalue weighted by molar-refractivity contribution is 1.16. The zero-order chi connectivity index (χ0) is 26.7. The van der Waals surface area contributed by atoms with Crippen LogP contribution in [0.1, 0.15) is 13.8 Å². The van der Waals surface area contributed by atoms with Crippen LogP contribution in [0.3, 0.4) is 0 Å². The SMILES string of the molecule is C=C/C=C(\C=C)N(c1ccccc1)c1ccc(-c2ccc(N(/C(C)=C/C=C\C)c3ccccc3)cc2)cc1. The number of allylic oxidation sites excluding steroid dienone is 7. The van der Waals surface area contributed by atoms with Crippen molar-refractivity contribution in [3.8, 4) is 11.1 Å². The van der Waals surface area contributed by atoms with E-state index in [0.29, 0.717) is 0 Å². The minimum Gasteiger partial charge on any atom is -0.315 e. The molecule has 2 heteroatoms. The van der Waals surface area contributed by atoms with Crippen LogP contribution in [0.25, 0.3) is 11.1 Å². The van der Waals surface area contributed by atoms with Crippen LogP contribution < -0.4 is 9.80 Å². The Hall–Kier alpha value is -4.82.